The normalized spacial score (nSPS) is 20.8. The maximum atomic E-state index is 14.2. The Labute approximate surface area is 273 Å². The van der Waals surface area contributed by atoms with Crippen LogP contribution in [-0.4, -0.2) is 92.9 Å². The number of alkyl halides is 3. The molecule has 0 aromatic heterocycles. The molecule has 2 aromatic carbocycles. The van der Waals surface area contributed by atoms with Crippen molar-refractivity contribution < 1.29 is 50.1 Å². The van der Waals surface area contributed by atoms with E-state index in [4.69, 9.17) is 9.47 Å². The van der Waals surface area contributed by atoms with Gasteiger partial charge in [-0.3, -0.25) is 14.3 Å². The van der Waals surface area contributed by atoms with E-state index >= 15 is 0 Å². The van der Waals surface area contributed by atoms with Crippen molar-refractivity contribution in [2.75, 3.05) is 38.1 Å². The van der Waals surface area contributed by atoms with E-state index in [9.17, 15) is 40.7 Å². The first-order chi connectivity index (χ1) is 22.0. The molecule has 47 heavy (non-hydrogen) atoms. The van der Waals surface area contributed by atoms with Gasteiger partial charge in [-0.15, -0.1) is 0 Å². The van der Waals surface area contributed by atoms with Crippen LogP contribution in [0.4, 0.5) is 23.2 Å². The Hall–Kier alpha value is -3.43. The fraction of sp³-hybridized carbons (Fsp3) is 0.562. The van der Waals surface area contributed by atoms with Crippen molar-refractivity contribution >= 4 is 27.5 Å². The van der Waals surface area contributed by atoms with Crippen molar-refractivity contribution in [1.29, 1.82) is 0 Å². The predicted octanol–water partition coefficient (Wildman–Crippen LogP) is 5.22. The molecule has 10 nitrogen and oxygen atoms in total. The summed E-state index contributed by atoms with van der Waals surface area (Å²) in [5.41, 5.74) is 0.0706. The van der Waals surface area contributed by atoms with E-state index in [1.807, 2.05) is 6.92 Å². The maximum absolute atomic E-state index is 14.2. The standard InChI is InChI=1S/C32H43F4N3O7S/c1-21-18-39(22(2)20-40)31(42)27-17-25(37-47(43,44)26-11-8-24(33)9-12-26)10-13-28(27)46-23(3)7-5-6-16-45-29(21)19-38(4)30(41)14-15-32(34,35)36/h8-13,17,21-23,29,37,40H,5-7,14-16,18-20H2,1-4H3/t21-,22-,23-,29-/m1/s1. The predicted molar refractivity (Wildman–Crippen MR) is 167 cm³/mol. The SMILES string of the molecule is C[C@@H]1CCCCO[C@H](CN(C)C(=O)CCC(F)(F)F)[C@H](C)CN([C@H](C)CO)C(=O)c2cc(NS(=O)(=O)c3ccc(F)cc3)ccc2O1. The van der Waals surface area contributed by atoms with Crippen molar-refractivity contribution in [2.45, 2.75) is 82.2 Å². The molecule has 1 aliphatic heterocycles. The summed E-state index contributed by atoms with van der Waals surface area (Å²) in [5.74, 6) is -2.11. The zero-order valence-corrected chi connectivity index (χ0v) is 27.7. The van der Waals surface area contributed by atoms with Crippen LogP contribution in [0.25, 0.3) is 0 Å². The molecule has 2 aromatic rings. The monoisotopic (exact) mass is 689 g/mol. The topological polar surface area (TPSA) is 125 Å². The number of carbonyl (C=O) groups is 2. The Morgan fingerprint density at radius 1 is 1.15 bits per heavy atom. The summed E-state index contributed by atoms with van der Waals surface area (Å²) in [5, 5.41) is 10.1. The van der Waals surface area contributed by atoms with Gasteiger partial charge >= 0.3 is 6.18 Å². The molecule has 3 rings (SSSR count). The number of nitrogens with zero attached hydrogens (tertiary/aromatic N) is 2. The molecular weight excluding hydrogens is 646 g/mol. The second kappa shape index (κ2) is 16.6. The Morgan fingerprint density at radius 2 is 1.83 bits per heavy atom. The summed E-state index contributed by atoms with van der Waals surface area (Å²) in [4.78, 5) is 29.1. The van der Waals surface area contributed by atoms with Gasteiger partial charge in [0.15, 0.2) is 0 Å². The van der Waals surface area contributed by atoms with Gasteiger partial charge in [-0.1, -0.05) is 6.92 Å². The summed E-state index contributed by atoms with van der Waals surface area (Å²) in [7, 11) is -2.74. The van der Waals surface area contributed by atoms with Crippen LogP contribution in [0.15, 0.2) is 47.4 Å². The number of amides is 2. The molecular formula is C32H43F4N3O7S. The molecule has 15 heteroatoms. The van der Waals surface area contributed by atoms with Crippen molar-refractivity contribution in [3.05, 3.63) is 53.8 Å². The second-order valence-electron chi connectivity index (χ2n) is 12.0. The number of likely N-dealkylation sites (N-methyl/N-ethyl adjacent to an activating group) is 1. The van der Waals surface area contributed by atoms with Gasteiger partial charge in [-0.2, -0.15) is 13.2 Å². The van der Waals surface area contributed by atoms with Crippen LogP contribution in [0, 0.1) is 11.7 Å². The number of halogens is 4. The van der Waals surface area contributed by atoms with Crippen LogP contribution in [0.1, 0.15) is 63.2 Å². The number of rotatable bonds is 9. The number of hydrogen-bond acceptors (Lipinski definition) is 7. The lowest BCUT2D eigenvalue weighted by Crippen LogP contribution is -2.48. The quantitative estimate of drug-likeness (QED) is 0.346. The van der Waals surface area contributed by atoms with E-state index < -0.39 is 71.3 Å². The lowest BCUT2D eigenvalue weighted by atomic mass is 10.0. The van der Waals surface area contributed by atoms with Crippen LogP contribution in [-0.2, 0) is 19.6 Å². The van der Waals surface area contributed by atoms with E-state index in [0.29, 0.717) is 25.9 Å². The number of fused-ring (bicyclic) bond motifs is 1. The molecule has 1 heterocycles. The number of benzene rings is 2. The fourth-order valence-electron chi connectivity index (χ4n) is 5.09. The molecule has 0 aliphatic carbocycles. The minimum absolute atomic E-state index is 0.0151. The van der Waals surface area contributed by atoms with Gasteiger partial charge in [-0.05, 0) is 75.6 Å². The summed E-state index contributed by atoms with van der Waals surface area (Å²) in [6.07, 6.45) is -5.50. The molecule has 0 saturated carbocycles. The smallest absolute Gasteiger partial charge is 0.389 e. The number of carbonyl (C=O) groups excluding carboxylic acids is 2. The fourth-order valence-corrected chi connectivity index (χ4v) is 6.14. The van der Waals surface area contributed by atoms with Crippen molar-refractivity contribution in [2.24, 2.45) is 5.92 Å². The van der Waals surface area contributed by atoms with Gasteiger partial charge in [0.25, 0.3) is 15.9 Å². The highest BCUT2D eigenvalue weighted by molar-refractivity contribution is 7.92. The van der Waals surface area contributed by atoms with Gasteiger partial charge in [0.05, 0.1) is 41.7 Å². The lowest BCUT2D eigenvalue weighted by Gasteiger charge is -2.36. The summed E-state index contributed by atoms with van der Waals surface area (Å²) in [6.45, 7) is 5.14. The van der Waals surface area contributed by atoms with E-state index in [1.54, 1.807) is 13.8 Å². The first-order valence-electron chi connectivity index (χ1n) is 15.4. The Morgan fingerprint density at radius 3 is 2.47 bits per heavy atom. The number of sulfonamides is 1. The van der Waals surface area contributed by atoms with E-state index in [2.05, 4.69) is 4.72 Å². The minimum atomic E-state index is -4.47. The number of hydrogen-bond donors (Lipinski definition) is 2. The first kappa shape index (κ1) is 38.0. The van der Waals surface area contributed by atoms with Crippen LogP contribution >= 0.6 is 0 Å². The van der Waals surface area contributed by atoms with Crippen LogP contribution in [0.5, 0.6) is 5.75 Å². The van der Waals surface area contributed by atoms with Crippen LogP contribution < -0.4 is 9.46 Å². The molecule has 0 radical (unpaired) electrons. The van der Waals surface area contributed by atoms with Gasteiger partial charge in [0.2, 0.25) is 5.91 Å². The highest BCUT2D eigenvalue weighted by Gasteiger charge is 2.32. The molecule has 0 spiro atoms. The molecule has 0 unspecified atom stereocenters. The number of nitrogens with one attached hydrogen (secondary N) is 1. The molecule has 262 valence electrons. The molecule has 2 N–H and O–H groups in total. The van der Waals surface area contributed by atoms with E-state index in [1.165, 1.54) is 35.0 Å². The van der Waals surface area contributed by atoms with Crippen LogP contribution in [0.3, 0.4) is 0 Å². The molecule has 0 saturated heterocycles. The number of aliphatic hydroxyl groups excluding tert-OH is 1. The third kappa shape index (κ3) is 11.4. The van der Waals surface area contributed by atoms with E-state index in [0.717, 1.165) is 24.3 Å². The molecule has 4 atom stereocenters. The molecule has 2 amide bonds. The molecule has 0 bridgehead atoms. The minimum Gasteiger partial charge on any atom is -0.490 e. The van der Waals surface area contributed by atoms with Crippen molar-refractivity contribution in [3.63, 3.8) is 0 Å². The van der Waals surface area contributed by atoms with Crippen molar-refractivity contribution in [1.82, 2.24) is 9.80 Å². The molecule has 1 aliphatic rings. The van der Waals surface area contributed by atoms with Gasteiger partial charge < -0.3 is 24.4 Å². The summed E-state index contributed by atoms with van der Waals surface area (Å²) < 4.78 is 92.3. The number of aliphatic hydroxyl groups is 1. The summed E-state index contributed by atoms with van der Waals surface area (Å²) >= 11 is 0. The summed E-state index contributed by atoms with van der Waals surface area (Å²) in [6, 6.07) is 7.79. The van der Waals surface area contributed by atoms with Crippen molar-refractivity contribution in [3.8, 4) is 5.75 Å². The lowest BCUT2D eigenvalue weighted by molar-refractivity contribution is -0.149. The first-order valence-corrected chi connectivity index (χ1v) is 16.9. The van der Waals surface area contributed by atoms with Crippen LogP contribution in [0.2, 0.25) is 0 Å². The second-order valence-corrected chi connectivity index (χ2v) is 13.6. The Balaban J connectivity index is 1.95. The Kier molecular flexibility index (Phi) is 13.4. The highest BCUT2D eigenvalue weighted by atomic mass is 32.2. The highest BCUT2D eigenvalue weighted by Crippen LogP contribution is 2.30. The van der Waals surface area contributed by atoms with Gasteiger partial charge in [0, 0.05) is 44.8 Å². The molecule has 0 fully saturated rings. The van der Waals surface area contributed by atoms with Gasteiger partial charge in [0.1, 0.15) is 11.6 Å². The maximum Gasteiger partial charge on any atom is 0.389 e. The Bertz CT molecular complexity index is 1460. The third-order valence-electron chi connectivity index (χ3n) is 7.93. The number of ether oxygens (including phenoxy) is 2. The van der Waals surface area contributed by atoms with Gasteiger partial charge in [-0.25, -0.2) is 12.8 Å². The third-order valence-corrected chi connectivity index (χ3v) is 9.33. The van der Waals surface area contributed by atoms with E-state index in [-0.39, 0.29) is 41.1 Å². The zero-order valence-electron chi connectivity index (χ0n) is 26.9. The largest absolute Gasteiger partial charge is 0.490 e. The number of anilines is 1. The average Bonchev–Trinajstić information content (AvgIpc) is 3.00. The average molecular weight is 690 g/mol. The zero-order chi connectivity index (χ0) is 34.9.